The third-order valence-electron chi connectivity index (χ3n) is 4.08. The van der Waals surface area contributed by atoms with Gasteiger partial charge in [-0.3, -0.25) is 9.78 Å². The molecule has 1 amide bonds. The summed E-state index contributed by atoms with van der Waals surface area (Å²) in [6.45, 7) is 2.47. The molecular formula is C22H20BrN3O3. The quantitative estimate of drug-likeness (QED) is 0.422. The molecule has 1 N–H and O–H groups in total. The summed E-state index contributed by atoms with van der Waals surface area (Å²) in [7, 11) is 1.58. The van der Waals surface area contributed by atoms with E-state index in [1.165, 1.54) is 11.8 Å². The highest BCUT2D eigenvalue weighted by molar-refractivity contribution is 9.10. The van der Waals surface area contributed by atoms with Gasteiger partial charge in [-0.2, -0.15) is 5.10 Å². The van der Waals surface area contributed by atoms with Crippen LogP contribution in [0.1, 0.15) is 27.0 Å². The molecule has 0 bridgehead atoms. The number of nitrogens with zero attached hydrogens (tertiary/aromatic N) is 2. The first kappa shape index (κ1) is 20.5. The van der Waals surface area contributed by atoms with Gasteiger partial charge in [0.25, 0.3) is 5.91 Å². The summed E-state index contributed by atoms with van der Waals surface area (Å²) in [5.41, 5.74) is 5.97. The van der Waals surface area contributed by atoms with Crippen molar-refractivity contribution in [2.45, 2.75) is 13.5 Å². The number of aryl methyl sites for hydroxylation is 1. The Kier molecular flexibility index (Phi) is 6.97. The van der Waals surface area contributed by atoms with Gasteiger partial charge in [0.2, 0.25) is 0 Å². The minimum Gasteiger partial charge on any atom is -0.493 e. The number of benzene rings is 2. The largest absolute Gasteiger partial charge is 0.493 e. The molecule has 0 saturated heterocycles. The van der Waals surface area contributed by atoms with Gasteiger partial charge in [-0.25, -0.2) is 5.43 Å². The molecule has 0 saturated carbocycles. The molecule has 0 fully saturated rings. The Morgan fingerprint density at radius 3 is 2.59 bits per heavy atom. The van der Waals surface area contributed by atoms with Gasteiger partial charge in [-0.05, 0) is 58.2 Å². The van der Waals surface area contributed by atoms with E-state index in [2.05, 4.69) is 31.4 Å². The second kappa shape index (κ2) is 9.84. The van der Waals surface area contributed by atoms with Crippen molar-refractivity contribution < 1.29 is 14.3 Å². The third-order valence-corrected chi connectivity index (χ3v) is 4.67. The van der Waals surface area contributed by atoms with Gasteiger partial charge in [-0.15, -0.1) is 0 Å². The molecule has 0 spiro atoms. The molecule has 3 aromatic rings. The van der Waals surface area contributed by atoms with E-state index >= 15 is 0 Å². The number of carbonyl (C=O) groups is 1. The highest BCUT2D eigenvalue weighted by Gasteiger charge is 2.12. The smallest absolute Gasteiger partial charge is 0.271 e. The molecule has 148 valence electrons. The Labute approximate surface area is 177 Å². The predicted molar refractivity (Wildman–Crippen MR) is 116 cm³/mol. The topological polar surface area (TPSA) is 72.8 Å². The van der Waals surface area contributed by atoms with Crippen molar-refractivity contribution in [3.05, 3.63) is 87.7 Å². The molecule has 2 aromatic carbocycles. The normalized spacial score (nSPS) is 10.7. The number of hydrogen-bond acceptors (Lipinski definition) is 5. The van der Waals surface area contributed by atoms with Crippen LogP contribution < -0.4 is 14.9 Å². The Morgan fingerprint density at radius 1 is 1.17 bits per heavy atom. The maximum Gasteiger partial charge on any atom is 0.271 e. The van der Waals surface area contributed by atoms with Gasteiger partial charge in [0.05, 0.1) is 17.8 Å². The Hall–Kier alpha value is -3.19. The second-order valence-electron chi connectivity index (χ2n) is 6.24. The third kappa shape index (κ3) is 5.65. The van der Waals surface area contributed by atoms with Crippen LogP contribution in [0.2, 0.25) is 0 Å². The van der Waals surface area contributed by atoms with Crippen molar-refractivity contribution in [1.29, 1.82) is 0 Å². The Bertz CT molecular complexity index is 1010. The van der Waals surface area contributed by atoms with Gasteiger partial charge < -0.3 is 9.47 Å². The fourth-order valence-corrected chi connectivity index (χ4v) is 3.10. The Morgan fingerprint density at radius 2 is 1.90 bits per heavy atom. The van der Waals surface area contributed by atoms with Crippen molar-refractivity contribution in [2.75, 3.05) is 7.11 Å². The van der Waals surface area contributed by atoms with Gasteiger partial charge in [0.15, 0.2) is 11.5 Å². The number of rotatable bonds is 7. The lowest BCUT2D eigenvalue weighted by Crippen LogP contribution is -2.17. The van der Waals surface area contributed by atoms with Crippen molar-refractivity contribution in [3.63, 3.8) is 0 Å². The summed E-state index contributed by atoms with van der Waals surface area (Å²) >= 11 is 3.52. The van der Waals surface area contributed by atoms with E-state index in [1.54, 1.807) is 37.7 Å². The lowest BCUT2D eigenvalue weighted by atomic mass is 10.2. The zero-order chi connectivity index (χ0) is 20.6. The van der Waals surface area contributed by atoms with Crippen LogP contribution in [0.3, 0.4) is 0 Å². The van der Waals surface area contributed by atoms with E-state index in [9.17, 15) is 4.79 Å². The lowest BCUT2D eigenvalue weighted by molar-refractivity contribution is 0.0955. The number of halogens is 1. The number of pyridine rings is 1. The Balaban J connectivity index is 1.68. The average Bonchev–Trinajstić information content (AvgIpc) is 2.74. The van der Waals surface area contributed by atoms with Crippen molar-refractivity contribution in [1.82, 2.24) is 10.4 Å². The molecule has 0 atom stereocenters. The molecule has 0 aliphatic carbocycles. The second-order valence-corrected chi connectivity index (χ2v) is 7.10. The molecule has 7 heteroatoms. The van der Waals surface area contributed by atoms with Crippen molar-refractivity contribution in [3.8, 4) is 11.5 Å². The highest BCUT2D eigenvalue weighted by Crippen LogP contribution is 2.36. The van der Waals surface area contributed by atoms with Crippen molar-refractivity contribution >= 4 is 28.1 Å². The molecule has 1 aromatic heterocycles. The van der Waals surface area contributed by atoms with E-state index in [0.29, 0.717) is 23.7 Å². The van der Waals surface area contributed by atoms with E-state index in [-0.39, 0.29) is 5.91 Å². The minimum absolute atomic E-state index is 0.312. The maximum absolute atomic E-state index is 12.0. The van der Waals surface area contributed by atoms with Crippen LogP contribution in [0.4, 0.5) is 0 Å². The molecule has 1 heterocycles. The summed E-state index contributed by atoms with van der Waals surface area (Å²) in [5, 5.41) is 4.00. The van der Waals surface area contributed by atoms with Crippen LogP contribution >= 0.6 is 15.9 Å². The van der Waals surface area contributed by atoms with Crippen molar-refractivity contribution in [2.24, 2.45) is 5.10 Å². The molecule has 29 heavy (non-hydrogen) atoms. The number of aromatic nitrogens is 1. The van der Waals surface area contributed by atoms with Crippen LogP contribution in [0.5, 0.6) is 11.5 Å². The van der Waals surface area contributed by atoms with Crippen LogP contribution in [-0.2, 0) is 6.61 Å². The molecule has 0 unspecified atom stereocenters. The highest BCUT2D eigenvalue weighted by atomic mass is 79.9. The fourth-order valence-electron chi connectivity index (χ4n) is 2.53. The monoisotopic (exact) mass is 453 g/mol. The van der Waals surface area contributed by atoms with Gasteiger partial charge in [0.1, 0.15) is 6.61 Å². The summed E-state index contributed by atoms with van der Waals surface area (Å²) in [4.78, 5) is 15.9. The first-order valence-electron chi connectivity index (χ1n) is 8.86. The zero-order valence-electron chi connectivity index (χ0n) is 16.1. The number of hydrogen-bond donors (Lipinski definition) is 1. The molecular weight excluding hydrogens is 434 g/mol. The van der Waals surface area contributed by atoms with Crippen LogP contribution in [-0.4, -0.2) is 24.2 Å². The molecule has 6 nitrogen and oxygen atoms in total. The summed E-state index contributed by atoms with van der Waals surface area (Å²) in [5.74, 6) is 0.854. The SMILES string of the molecule is COc1cc(/C=N\NC(=O)c2ccncc2)cc(Br)c1OCc1ccc(C)cc1. The molecule has 0 aliphatic heterocycles. The number of ether oxygens (including phenoxy) is 2. The first-order valence-corrected chi connectivity index (χ1v) is 9.65. The fraction of sp³-hybridized carbons (Fsp3) is 0.136. The minimum atomic E-state index is -0.312. The van der Waals surface area contributed by atoms with Crippen LogP contribution in [0.25, 0.3) is 0 Å². The first-order chi connectivity index (χ1) is 14.1. The lowest BCUT2D eigenvalue weighted by Gasteiger charge is -2.13. The number of amides is 1. The van der Waals surface area contributed by atoms with Crippen LogP contribution in [0.15, 0.2) is 70.5 Å². The summed E-state index contributed by atoms with van der Waals surface area (Å²) in [6.07, 6.45) is 4.64. The van der Waals surface area contributed by atoms with E-state index in [0.717, 1.165) is 15.6 Å². The van der Waals surface area contributed by atoms with E-state index in [1.807, 2.05) is 37.3 Å². The molecule has 0 radical (unpaired) electrons. The van der Waals surface area contributed by atoms with Gasteiger partial charge in [0, 0.05) is 18.0 Å². The number of nitrogens with one attached hydrogen (secondary N) is 1. The summed E-state index contributed by atoms with van der Waals surface area (Å²) in [6, 6.07) is 15.0. The maximum atomic E-state index is 12.0. The average molecular weight is 454 g/mol. The molecule has 0 aliphatic rings. The number of hydrazone groups is 1. The van der Waals surface area contributed by atoms with E-state index in [4.69, 9.17) is 9.47 Å². The molecule has 3 rings (SSSR count). The predicted octanol–water partition coefficient (Wildman–Crippen LogP) is 4.50. The summed E-state index contributed by atoms with van der Waals surface area (Å²) < 4.78 is 12.1. The van der Waals surface area contributed by atoms with E-state index < -0.39 is 0 Å². The number of methoxy groups -OCH3 is 1. The standard InChI is InChI=1S/C22H20BrN3O3/c1-15-3-5-16(6-4-15)14-29-21-19(23)11-17(12-20(21)28-2)13-25-26-22(27)18-7-9-24-10-8-18/h3-13H,14H2,1-2H3,(H,26,27)/b25-13-. The van der Waals surface area contributed by atoms with Crippen LogP contribution in [0, 0.1) is 6.92 Å². The van der Waals surface area contributed by atoms with Gasteiger partial charge in [-0.1, -0.05) is 29.8 Å². The zero-order valence-corrected chi connectivity index (χ0v) is 17.6. The van der Waals surface area contributed by atoms with Gasteiger partial charge >= 0.3 is 0 Å². The number of carbonyl (C=O) groups excluding carboxylic acids is 1.